The van der Waals surface area contributed by atoms with E-state index in [1.807, 2.05) is 0 Å². The van der Waals surface area contributed by atoms with E-state index in [0.29, 0.717) is 13.2 Å². The molecule has 8 heteroatoms. The van der Waals surface area contributed by atoms with Gasteiger partial charge in [0.15, 0.2) is 0 Å². The quantitative estimate of drug-likeness (QED) is 0.653. The molecule has 0 spiro atoms. The van der Waals surface area contributed by atoms with Crippen LogP contribution in [0.4, 0.5) is 5.69 Å². The third-order valence-corrected chi connectivity index (χ3v) is 3.22. The normalized spacial score (nSPS) is 18.3. The summed E-state index contributed by atoms with van der Waals surface area (Å²) in [6, 6.07) is 4.71. The van der Waals surface area contributed by atoms with Crippen molar-refractivity contribution in [2.45, 2.75) is 12.5 Å². The Morgan fingerprint density at radius 1 is 1.38 bits per heavy atom. The number of hydrogen-bond acceptors (Lipinski definition) is 5. The number of hydrogen-bond donors (Lipinski definition) is 1. The molecule has 1 aromatic carbocycles. The molecule has 0 saturated carbocycles. The van der Waals surface area contributed by atoms with Gasteiger partial charge < -0.3 is 14.7 Å². The zero-order valence-electron chi connectivity index (χ0n) is 11.1. The molecule has 112 valence electrons. The van der Waals surface area contributed by atoms with Crippen molar-refractivity contribution < 1.29 is 24.4 Å². The molecule has 1 N–H and O–H groups in total. The topological polar surface area (TPSA) is 110 Å². The van der Waals surface area contributed by atoms with E-state index < -0.39 is 16.9 Å². The molecule has 1 heterocycles. The Kier molecular flexibility index (Phi) is 4.49. The third kappa shape index (κ3) is 3.54. The van der Waals surface area contributed by atoms with E-state index in [2.05, 4.69) is 0 Å². The fourth-order valence-electron chi connectivity index (χ4n) is 2.18. The molecule has 0 bridgehead atoms. The predicted molar refractivity (Wildman–Crippen MR) is 71.0 cm³/mol. The summed E-state index contributed by atoms with van der Waals surface area (Å²) in [7, 11) is 0. The van der Waals surface area contributed by atoms with Crippen LogP contribution >= 0.6 is 0 Å². The summed E-state index contributed by atoms with van der Waals surface area (Å²) in [4.78, 5) is 34.7. The standard InChI is InChI=1S/C13H14N2O6/c16-12(17)7-11-8-21-6-5-14(11)13(18)9-1-3-10(4-2-9)15(19)20/h1-4,11H,5-8H2,(H,16,17). The average molecular weight is 294 g/mol. The number of aliphatic carboxylic acids is 1. The fraction of sp³-hybridized carbons (Fsp3) is 0.385. The van der Waals surface area contributed by atoms with E-state index in [1.165, 1.54) is 29.2 Å². The Bertz CT molecular complexity index is 556. The number of carboxylic acids is 1. The van der Waals surface area contributed by atoms with Gasteiger partial charge in [0.1, 0.15) is 0 Å². The molecule has 2 rings (SSSR count). The molecule has 0 radical (unpaired) electrons. The molecule has 8 nitrogen and oxygen atoms in total. The lowest BCUT2D eigenvalue weighted by atomic mass is 10.1. The van der Waals surface area contributed by atoms with Gasteiger partial charge >= 0.3 is 5.97 Å². The van der Waals surface area contributed by atoms with Crippen molar-refractivity contribution in [2.24, 2.45) is 0 Å². The van der Waals surface area contributed by atoms with Crippen LogP contribution in [0.25, 0.3) is 0 Å². The number of nitro benzene ring substituents is 1. The molecule has 1 amide bonds. The van der Waals surface area contributed by atoms with E-state index in [0.717, 1.165) is 0 Å². The number of ether oxygens (including phenoxy) is 1. The van der Waals surface area contributed by atoms with Gasteiger partial charge in [-0.1, -0.05) is 0 Å². The summed E-state index contributed by atoms with van der Waals surface area (Å²) in [6.45, 7) is 0.813. The van der Waals surface area contributed by atoms with Crippen molar-refractivity contribution in [3.63, 3.8) is 0 Å². The second kappa shape index (κ2) is 6.31. The van der Waals surface area contributed by atoms with Gasteiger partial charge in [-0.05, 0) is 12.1 Å². The molecule has 21 heavy (non-hydrogen) atoms. The zero-order valence-corrected chi connectivity index (χ0v) is 11.1. The Hall–Kier alpha value is -2.48. The first-order valence-corrected chi connectivity index (χ1v) is 6.34. The maximum absolute atomic E-state index is 12.4. The highest BCUT2D eigenvalue weighted by Gasteiger charge is 2.29. The minimum absolute atomic E-state index is 0.101. The van der Waals surface area contributed by atoms with Crippen LogP contribution in [-0.4, -0.2) is 52.6 Å². The number of nitrogens with zero attached hydrogens (tertiary/aromatic N) is 2. The van der Waals surface area contributed by atoms with Gasteiger partial charge in [0.05, 0.1) is 30.6 Å². The van der Waals surface area contributed by atoms with Crippen LogP contribution in [0.15, 0.2) is 24.3 Å². The van der Waals surface area contributed by atoms with Gasteiger partial charge in [0, 0.05) is 24.2 Å². The Balaban J connectivity index is 2.16. The second-order valence-electron chi connectivity index (χ2n) is 4.63. The van der Waals surface area contributed by atoms with E-state index in [1.54, 1.807) is 0 Å². The first kappa shape index (κ1) is 14.9. The maximum atomic E-state index is 12.4. The van der Waals surface area contributed by atoms with Crippen molar-refractivity contribution in [1.82, 2.24) is 4.90 Å². The van der Waals surface area contributed by atoms with Crippen LogP contribution < -0.4 is 0 Å². The van der Waals surface area contributed by atoms with Crippen LogP contribution in [0.1, 0.15) is 16.8 Å². The van der Waals surface area contributed by atoms with Crippen LogP contribution in [0.2, 0.25) is 0 Å². The lowest BCUT2D eigenvalue weighted by Crippen LogP contribution is -2.49. The second-order valence-corrected chi connectivity index (χ2v) is 4.63. The van der Waals surface area contributed by atoms with Crippen molar-refractivity contribution in [3.8, 4) is 0 Å². The summed E-state index contributed by atoms with van der Waals surface area (Å²) >= 11 is 0. The average Bonchev–Trinajstić information content (AvgIpc) is 2.46. The minimum atomic E-state index is -1.01. The Morgan fingerprint density at radius 3 is 2.62 bits per heavy atom. The van der Waals surface area contributed by atoms with E-state index in [-0.39, 0.29) is 30.2 Å². The molecule has 1 aliphatic rings. The predicted octanol–water partition coefficient (Wildman–Crippen LogP) is 0.910. The van der Waals surface area contributed by atoms with Gasteiger partial charge in [-0.3, -0.25) is 19.7 Å². The minimum Gasteiger partial charge on any atom is -0.481 e. The van der Waals surface area contributed by atoms with Gasteiger partial charge in [-0.2, -0.15) is 0 Å². The van der Waals surface area contributed by atoms with Crippen molar-refractivity contribution in [3.05, 3.63) is 39.9 Å². The molecule has 1 fully saturated rings. The largest absolute Gasteiger partial charge is 0.481 e. The number of carboxylic acid groups (broad SMARTS) is 1. The van der Waals surface area contributed by atoms with Crippen LogP contribution in [-0.2, 0) is 9.53 Å². The molecule has 1 unspecified atom stereocenters. The van der Waals surface area contributed by atoms with Gasteiger partial charge in [-0.25, -0.2) is 0 Å². The first-order valence-electron chi connectivity index (χ1n) is 6.34. The first-order chi connectivity index (χ1) is 9.99. The van der Waals surface area contributed by atoms with E-state index >= 15 is 0 Å². The monoisotopic (exact) mass is 294 g/mol. The van der Waals surface area contributed by atoms with Crippen LogP contribution in [0, 0.1) is 10.1 Å². The summed E-state index contributed by atoms with van der Waals surface area (Å²) in [6.07, 6.45) is -0.196. The molecular weight excluding hydrogens is 280 g/mol. The SMILES string of the molecule is O=C(O)CC1COCCN1C(=O)c1ccc([N+](=O)[O-])cc1. The van der Waals surface area contributed by atoms with Crippen molar-refractivity contribution >= 4 is 17.6 Å². The number of amides is 1. The third-order valence-electron chi connectivity index (χ3n) is 3.22. The maximum Gasteiger partial charge on any atom is 0.305 e. The number of rotatable bonds is 4. The summed E-state index contributed by atoms with van der Waals surface area (Å²) < 4.78 is 5.20. The number of carbonyl (C=O) groups is 2. The number of benzene rings is 1. The number of non-ortho nitro benzene ring substituents is 1. The highest BCUT2D eigenvalue weighted by Crippen LogP contribution is 2.17. The molecule has 0 aliphatic carbocycles. The number of morpholine rings is 1. The molecule has 0 aromatic heterocycles. The van der Waals surface area contributed by atoms with Gasteiger partial charge in [0.2, 0.25) is 0 Å². The molecule has 1 aliphatic heterocycles. The van der Waals surface area contributed by atoms with E-state index in [9.17, 15) is 19.7 Å². The lowest BCUT2D eigenvalue weighted by Gasteiger charge is -2.34. The Labute approximate surface area is 120 Å². The van der Waals surface area contributed by atoms with Crippen molar-refractivity contribution in [2.75, 3.05) is 19.8 Å². The lowest BCUT2D eigenvalue weighted by molar-refractivity contribution is -0.384. The van der Waals surface area contributed by atoms with E-state index in [4.69, 9.17) is 9.84 Å². The highest BCUT2D eigenvalue weighted by atomic mass is 16.6. The van der Waals surface area contributed by atoms with Gasteiger partial charge in [-0.15, -0.1) is 0 Å². The number of nitro groups is 1. The van der Waals surface area contributed by atoms with Crippen LogP contribution in [0.5, 0.6) is 0 Å². The Morgan fingerprint density at radius 2 is 2.05 bits per heavy atom. The zero-order chi connectivity index (χ0) is 15.4. The summed E-state index contributed by atoms with van der Waals surface area (Å²) in [5.41, 5.74) is 0.188. The van der Waals surface area contributed by atoms with Crippen molar-refractivity contribution in [1.29, 1.82) is 0 Å². The van der Waals surface area contributed by atoms with Crippen LogP contribution in [0.3, 0.4) is 0 Å². The summed E-state index contributed by atoms with van der Waals surface area (Å²) in [5.74, 6) is -1.36. The molecule has 1 atom stereocenters. The smallest absolute Gasteiger partial charge is 0.305 e. The molecular formula is C13H14N2O6. The highest BCUT2D eigenvalue weighted by molar-refractivity contribution is 5.95. The van der Waals surface area contributed by atoms with Gasteiger partial charge in [0.25, 0.3) is 11.6 Å². The fourth-order valence-corrected chi connectivity index (χ4v) is 2.18. The number of carbonyl (C=O) groups excluding carboxylic acids is 1. The molecule has 1 aromatic rings. The molecule has 1 saturated heterocycles. The summed E-state index contributed by atoms with van der Waals surface area (Å²) in [5, 5.41) is 19.5.